The fourth-order valence-corrected chi connectivity index (χ4v) is 3.43. The molecule has 0 bridgehead atoms. The van der Waals surface area contributed by atoms with Gasteiger partial charge in [0.05, 0.1) is 29.5 Å². The highest BCUT2D eigenvalue weighted by Crippen LogP contribution is 2.32. The molecule has 0 saturated carbocycles. The van der Waals surface area contributed by atoms with E-state index in [0.717, 1.165) is 67.0 Å². The van der Waals surface area contributed by atoms with Crippen molar-refractivity contribution in [2.75, 3.05) is 31.2 Å². The molecule has 92 valence electrons. The molecule has 0 radical (unpaired) electrons. The summed E-state index contributed by atoms with van der Waals surface area (Å²) in [7, 11) is 0. The Kier molecular flexibility index (Phi) is 2.98. The van der Waals surface area contributed by atoms with Crippen LogP contribution in [0, 0.1) is 0 Å². The Bertz CT molecular complexity index is 438. The van der Waals surface area contributed by atoms with E-state index in [-0.39, 0.29) is 0 Å². The molecule has 1 aliphatic carbocycles. The van der Waals surface area contributed by atoms with Crippen LogP contribution in [0.15, 0.2) is 5.16 Å². The Hall–Kier alpha value is -1.14. The third-order valence-corrected chi connectivity index (χ3v) is 4.39. The van der Waals surface area contributed by atoms with E-state index in [0.29, 0.717) is 0 Å². The van der Waals surface area contributed by atoms with Gasteiger partial charge in [-0.2, -0.15) is 0 Å². The van der Waals surface area contributed by atoms with Crippen molar-refractivity contribution in [3.8, 4) is 0 Å². The number of rotatable bonds is 1. The maximum absolute atomic E-state index is 8.99. The summed E-state index contributed by atoms with van der Waals surface area (Å²) >= 11 is 1.64. The molecule has 6 heteroatoms. The SMILES string of the molecule is ON=C1CCCc2nc(N3CCOCC3)sc21. The van der Waals surface area contributed by atoms with E-state index in [4.69, 9.17) is 9.94 Å². The quantitative estimate of drug-likeness (QED) is 0.608. The number of hydrogen-bond donors (Lipinski definition) is 1. The zero-order valence-electron chi connectivity index (χ0n) is 9.56. The second-order valence-electron chi connectivity index (χ2n) is 4.27. The summed E-state index contributed by atoms with van der Waals surface area (Å²) < 4.78 is 5.34. The van der Waals surface area contributed by atoms with E-state index in [1.807, 2.05) is 0 Å². The number of aryl methyl sites for hydroxylation is 1. The van der Waals surface area contributed by atoms with Gasteiger partial charge in [-0.3, -0.25) is 0 Å². The number of anilines is 1. The van der Waals surface area contributed by atoms with Gasteiger partial charge in [0.25, 0.3) is 0 Å². The first-order valence-electron chi connectivity index (χ1n) is 5.92. The fourth-order valence-electron chi connectivity index (χ4n) is 2.26. The lowest BCUT2D eigenvalue weighted by Gasteiger charge is -2.26. The molecular weight excluding hydrogens is 238 g/mol. The van der Waals surface area contributed by atoms with Gasteiger partial charge in [-0.1, -0.05) is 16.5 Å². The van der Waals surface area contributed by atoms with Gasteiger partial charge < -0.3 is 14.8 Å². The highest BCUT2D eigenvalue weighted by Gasteiger charge is 2.24. The molecule has 0 unspecified atom stereocenters. The number of aromatic nitrogens is 1. The predicted octanol–water partition coefficient (Wildman–Crippen LogP) is 1.49. The maximum Gasteiger partial charge on any atom is 0.186 e. The molecule has 1 aromatic heterocycles. The monoisotopic (exact) mass is 253 g/mol. The summed E-state index contributed by atoms with van der Waals surface area (Å²) in [4.78, 5) is 7.99. The van der Waals surface area contributed by atoms with Gasteiger partial charge in [0.15, 0.2) is 5.13 Å². The minimum absolute atomic E-state index is 0.769. The third kappa shape index (κ3) is 2.02. The van der Waals surface area contributed by atoms with Gasteiger partial charge in [-0.25, -0.2) is 4.98 Å². The van der Waals surface area contributed by atoms with Crippen molar-refractivity contribution >= 4 is 22.2 Å². The van der Waals surface area contributed by atoms with Crippen LogP contribution in [0.1, 0.15) is 23.4 Å². The Labute approximate surface area is 104 Å². The molecular formula is C11H15N3O2S. The number of ether oxygens (including phenoxy) is 1. The molecule has 1 N–H and O–H groups in total. The molecule has 2 heterocycles. The zero-order chi connectivity index (χ0) is 11.7. The van der Waals surface area contributed by atoms with Crippen molar-refractivity contribution in [2.45, 2.75) is 19.3 Å². The molecule has 1 saturated heterocycles. The molecule has 3 rings (SSSR count). The number of nitrogens with zero attached hydrogens (tertiary/aromatic N) is 3. The van der Waals surface area contributed by atoms with Crippen molar-refractivity contribution in [2.24, 2.45) is 5.16 Å². The summed E-state index contributed by atoms with van der Waals surface area (Å²) in [5.41, 5.74) is 1.89. The molecule has 5 nitrogen and oxygen atoms in total. The lowest BCUT2D eigenvalue weighted by Crippen LogP contribution is -2.36. The minimum atomic E-state index is 0.769. The van der Waals surface area contributed by atoms with Gasteiger partial charge >= 0.3 is 0 Å². The Balaban J connectivity index is 1.90. The molecule has 0 atom stereocenters. The molecule has 1 aliphatic heterocycles. The number of hydrogen-bond acceptors (Lipinski definition) is 6. The molecule has 1 aromatic rings. The van der Waals surface area contributed by atoms with Crippen molar-refractivity contribution in [3.05, 3.63) is 10.6 Å². The number of morpholine rings is 1. The molecule has 1 fully saturated rings. The topological polar surface area (TPSA) is 58.0 Å². The summed E-state index contributed by atoms with van der Waals surface area (Å²) in [6.07, 6.45) is 2.88. The van der Waals surface area contributed by atoms with Gasteiger partial charge in [0.2, 0.25) is 0 Å². The first kappa shape index (κ1) is 11.0. The third-order valence-electron chi connectivity index (χ3n) is 3.18. The van der Waals surface area contributed by atoms with Crippen molar-refractivity contribution in [1.82, 2.24) is 4.98 Å². The Morgan fingerprint density at radius 3 is 2.88 bits per heavy atom. The van der Waals surface area contributed by atoms with E-state index >= 15 is 0 Å². The van der Waals surface area contributed by atoms with Crippen LogP contribution in [-0.2, 0) is 11.2 Å². The predicted molar refractivity (Wildman–Crippen MR) is 66.4 cm³/mol. The van der Waals surface area contributed by atoms with E-state index in [2.05, 4.69) is 15.0 Å². The van der Waals surface area contributed by atoms with Gasteiger partial charge in [-0.05, 0) is 19.3 Å². The summed E-state index contributed by atoms with van der Waals surface area (Å²) in [5, 5.41) is 13.4. The second-order valence-corrected chi connectivity index (χ2v) is 5.25. The first-order chi connectivity index (χ1) is 8.38. The maximum atomic E-state index is 8.99. The summed E-state index contributed by atoms with van der Waals surface area (Å²) in [5.74, 6) is 0. The molecule has 0 aromatic carbocycles. The first-order valence-corrected chi connectivity index (χ1v) is 6.74. The highest BCUT2D eigenvalue weighted by atomic mass is 32.1. The van der Waals surface area contributed by atoms with Crippen LogP contribution in [-0.4, -0.2) is 42.2 Å². The van der Waals surface area contributed by atoms with E-state index in [9.17, 15) is 0 Å². The Morgan fingerprint density at radius 1 is 1.29 bits per heavy atom. The standard InChI is InChI=1S/C11H15N3O2S/c15-13-9-3-1-2-8-10(9)17-11(12-8)14-4-6-16-7-5-14/h15H,1-7H2. The van der Waals surface area contributed by atoms with Crippen LogP contribution in [0.2, 0.25) is 0 Å². The largest absolute Gasteiger partial charge is 0.411 e. The van der Waals surface area contributed by atoms with Crippen LogP contribution in [0.3, 0.4) is 0 Å². The van der Waals surface area contributed by atoms with E-state index < -0.39 is 0 Å². The molecule has 0 amide bonds. The van der Waals surface area contributed by atoms with E-state index in [1.54, 1.807) is 11.3 Å². The number of fused-ring (bicyclic) bond motifs is 1. The van der Waals surface area contributed by atoms with Gasteiger partial charge in [0, 0.05) is 13.1 Å². The summed E-state index contributed by atoms with van der Waals surface area (Å²) in [6, 6.07) is 0. The molecule has 0 spiro atoms. The van der Waals surface area contributed by atoms with E-state index in [1.165, 1.54) is 0 Å². The average Bonchev–Trinajstić information content (AvgIpc) is 2.83. The lowest BCUT2D eigenvalue weighted by molar-refractivity contribution is 0.122. The normalized spacial score (nSPS) is 22.8. The van der Waals surface area contributed by atoms with Crippen LogP contribution in [0.25, 0.3) is 0 Å². The number of oxime groups is 1. The smallest absolute Gasteiger partial charge is 0.186 e. The van der Waals surface area contributed by atoms with Gasteiger partial charge in [-0.15, -0.1) is 0 Å². The molecule has 2 aliphatic rings. The zero-order valence-corrected chi connectivity index (χ0v) is 10.4. The average molecular weight is 253 g/mol. The van der Waals surface area contributed by atoms with Crippen LogP contribution in [0.5, 0.6) is 0 Å². The molecule has 17 heavy (non-hydrogen) atoms. The highest BCUT2D eigenvalue weighted by molar-refractivity contribution is 7.17. The van der Waals surface area contributed by atoms with Gasteiger partial charge in [0.1, 0.15) is 0 Å². The van der Waals surface area contributed by atoms with Crippen LogP contribution >= 0.6 is 11.3 Å². The Morgan fingerprint density at radius 2 is 2.12 bits per heavy atom. The van der Waals surface area contributed by atoms with Crippen molar-refractivity contribution in [3.63, 3.8) is 0 Å². The van der Waals surface area contributed by atoms with Crippen LogP contribution < -0.4 is 4.90 Å². The summed E-state index contributed by atoms with van der Waals surface area (Å²) in [6.45, 7) is 3.34. The minimum Gasteiger partial charge on any atom is -0.411 e. The van der Waals surface area contributed by atoms with Crippen molar-refractivity contribution < 1.29 is 9.94 Å². The lowest BCUT2D eigenvalue weighted by atomic mass is 10.0. The second kappa shape index (κ2) is 4.62. The van der Waals surface area contributed by atoms with Crippen molar-refractivity contribution in [1.29, 1.82) is 0 Å². The fraction of sp³-hybridized carbons (Fsp3) is 0.636. The number of thiazole rings is 1. The van der Waals surface area contributed by atoms with Crippen LogP contribution in [0.4, 0.5) is 5.13 Å².